The molecule has 0 unspecified atom stereocenters. The number of rotatable bonds is 4. The van der Waals surface area contributed by atoms with Crippen LogP contribution in [0.15, 0.2) is 41.1 Å². The number of amides is 1. The molecular weight excluding hydrogens is 327 g/mol. The van der Waals surface area contributed by atoms with Crippen molar-refractivity contribution in [1.29, 1.82) is 0 Å². The van der Waals surface area contributed by atoms with Crippen LogP contribution in [-0.2, 0) is 6.42 Å². The molecule has 2 N–H and O–H groups in total. The molecule has 0 saturated heterocycles. The first-order chi connectivity index (χ1) is 9.60. The van der Waals surface area contributed by atoms with Crippen LogP contribution in [0.2, 0.25) is 0 Å². The minimum atomic E-state index is -0.678. The summed E-state index contributed by atoms with van der Waals surface area (Å²) in [6, 6.07) is 8.33. The molecule has 0 bridgehead atoms. The Morgan fingerprint density at radius 2 is 2.05 bits per heavy atom. The second kappa shape index (κ2) is 6.58. The summed E-state index contributed by atoms with van der Waals surface area (Å²) < 4.78 is 13.9. The Labute approximate surface area is 123 Å². The van der Waals surface area contributed by atoms with E-state index in [1.807, 2.05) is 0 Å². The van der Waals surface area contributed by atoms with E-state index in [-0.39, 0.29) is 12.2 Å². The van der Waals surface area contributed by atoms with Crippen molar-refractivity contribution in [2.24, 2.45) is 0 Å². The Hall–Kier alpha value is -1.79. The summed E-state index contributed by atoms with van der Waals surface area (Å²) in [6.45, 7) is 0.0714. The fraction of sp³-hybridized carbons (Fsp3) is 0.143. The van der Waals surface area contributed by atoms with Crippen LogP contribution in [-0.4, -0.2) is 22.6 Å². The van der Waals surface area contributed by atoms with E-state index in [0.717, 1.165) is 11.8 Å². The minimum Gasteiger partial charge on any atom is -0.396 e. The molecular formula is C14H12BrFN2O2. The monoisotopic (exact) mass is 338 g/mol. The zero-order valence-electron chi connectivity index (χ0n) is 10.4. The number of anilines is 1. The van der Waals surface area contributed by atoms with E-state index in [1.54, 1.807) is 24.3 Å². The first-order valence-corrected chi connectivity index (χ1v) is 6.71. The SMILES string of the molecule is O=C(Nc1ccc(CCO)cc1)c1cc(Br)ncc1F. The van der Waals surface area contributed by atoms with Gasteiger partial charge in [0.1, 0.15) is 4.60 Å². The van der Waals surface area contributed by atoms with Gasteiger partial charge in [0.05, 0.1) is 11.8 Å². The van der Waals surface area contributed by atoms with E-state index in [2.05, 4.69) is 26.2 Å². The lowest BCUT2D eigenvalue weighted by atomic mass is 10.1. The number of carbonyl (C=O) groups excluding carboxylic acids is 1. The van der Waals surface area contributed by atoms with Crippen molar-refractivity contribution in [2.45, 2.75) is 6.42 Å². The van der Waals surface area contributed by atoms with E-state index >= 15 is 0 Å². The second-order valence-corrected chi connectivity index (χ2v) is 4.92. The smallest absolute Gasteiger partial charge is 0.258 e. The Balaban J connectivity index is 2.13. The van der Waals surface area contributed by atoms with Gasteiger partial charge in [0.25, 0.3) is 5.91 Å². The fourth-order valence-electron chi connectivity index (χ4n) is 1.67. The molecule has 1 aromatic carbocycles. The summed E-state index contributed by atoms with van der Waals surface area (Å²) in [5.74, 6) is -1.22. The summed E-state index contributed by atoms with van der Waals surface area (Å²) in [5, 5.41) is 11.4. The zero-order chi connectivity index (χ0) is 14.5. The van der Waals surface area contributed by atoms with Crippen molar-refractivity contribution < 1.29 is 14.3 Å². The molecule has 0 aliphatic rings. The Morgan fingerprint density at radius 3 is 2.70 bits per heavy atom. The van der Waals surface area contributed by atoms with Gasteiger partial charge in [-0.05, 0) is 46.1 Å². The van der Waals surface area contributed by atoms with Gasteiger partial charge in [0.15, 0.2) is 5.82 Å². The molecule has 1 amide bonds. The number of benzene rings is 1. The summed E-state index contributed by atoms with van der Waals surface area (Å²) in [6.07, 6.45) is 1.55. The van der Waals surface area contributed by atoms with Crippen molar-refractivity contribution in [2.75, 3.05) is 11.9 Å². The summed E-state index contributed by atoms with van der Waals surface area (Å²) in [4.78, 5) is 15.7. The third-order valence-electron chi connectivity index (χ3n) is 2.68. The van der Waals surface area contributed by atoms with E-state index in [9.17, 15) is 9.18 Å². The van der Waals surface area contributed by atoms with Crippen LogP contribution in [0.3, 0.4) is 0 Å². The third-order valence-corrected chi connectivity index (χ3v) is 3.11. The molecule has 1 heterocycles. The molecule has 0 spiro atoms. The van der Waals surface area contributed by atoms with Gasteiger partial charge < -0.3 is 10.4 Å². The largest absolute Gasteiger partial charge is 0.396 e. The van der Waals surface area contributed by atoms with Crippen molar-refractivity contribution in [3.8, 4) is 0 Å². The number of halogens is 2. The standard InChI is InChI=1S/C14H12BrFN2O2/c15-13-7-11(12(16)8-17-13)14(20)18-10-3-1-9(2-4-10)5-6-19/h1-4,7-8,19H,5-6H2,(H,18,20). The molecule has 0 atom stereocenters. The third kappa shape index (κ3) is 3.61. The average Bonchev–Trinajstić information content (AvgIpc) is 2.44. The molecule has 2 aromatic rings. The first kappa shape index (κ1) is 14.6. The van der Waals surface area contributed by atoms with Gasteiger partial charge in [-0.1, -0.05) is 12.1 Å². The summed E-state index contributed by atoms with van der Waals surface area (Å²) >= 11 is 3.10. The first-order valence-electron chi connectivity index (χ1n) is 5.92. The maximum atomic E-state index is 13.5. The summed E-state index contributed by atoms with van der Waals surface area (Å²) in [7, 11) is 0. The normalized spacial score (nSPS) is 10.3. The van der Waals surface area contributed by atoms with Crippen molar-refractivity contribution in [3.63, 3.8) is 0 Å². The molecule has 4 nitrogen and oxygen atoms in total. The highest BCUT2D eigenvalue weighted by Crippen LogP contribution is 2.16. The van der Waals surface area contributed by atoms with E-state index < -0.39 is 11.7 Å². The molecule has 0 radical (unpaired) electrons. The number of nitrogens with zero attached hydrogens (tertiary/aromatic N) is 1. The second-order valence-electron chi connectivity index (χ2n) is 4.11. The minimum absolute atomic E-state index is 0.0714. The maximum absolute atomic E-state index is 13.5. The number of aliphatic hydroxyl groups excluding tert-OH is 1. The van der Waals surface area contributed by atoms with Gasteiger partial charge >= 0.3 is 0 Å². The molecule has 0 aliphatic heterocycles. The number of pyridine rings is 1. The number of aromatic nitrogens is 1. The highest BCUT2D eigenvalue weighted by Gasteiger charge is 2.13. The van der Waals surface area contributed by atoms with E-state index in [0.29, 0.717) is 16.7 Å². The average molecular weight is 339 g/mol. The highest BCUT2D eigenvalue weighted by atomic mass is 79.9. The number of aliphatic hydroxyl groups is 1. The molecule has 20 heavy (non-hydrogen) atoms. The van der Waals surface area contributed by atoms with Crippen LogP contribution >= 0.6 is 15.9 Å². The predicted molar refractivity (Wildman–Crippen MR) is 77.1 cm³/mol. The molecule has 104 valence electrons. The number of carbonyl (C=O) groups is 1. The van der Waals surface area contributed by atoms with Gasteiger partial charge in [-0.25, -0.2) is 9.37 Å². The Bertz CT molecular complexity index is 617. The summed E-state index contributed by atoms with van der Waals surface area (Å²) in [5.41, 5.74) is 1.44. The van der Waals surface area contributed by atoms with Crippen LogP contribution < -0.4 is 5.32 Å². The quantitative estimate of drug-likeness (QED) is 0.842. The van der Waals surface area contributed by atoms with Crippen LogP contribution in [0.4, 0.5) is 10.1 Å². The maximum Gasteiger partial charge on any atom is 0.258 e. The molecule has 0 saturated carbocycles. The van der Waals surface area contributed by atoms with Crippen LogP contribution in [0.1, 0.15) is 15.9 Å². The lowest BCUT2D eigenvalue weighted by molar-refractivity contribution is 0.102. The van der Waals surface area contributed by atoms with Crippen molar-refractivity contribution in [3.05, 3.63) is 58.1 Å². The van der Waals surface area contributed by atoms with Gasteiger partial charge in [-0.3, -0.25) is 4.79 Å². The van der Waals surface area contributed by atoms with Crippen LogP contribution in [0.25, 0.3) is 0 Å². The highest BCUT2D eigenvalue weighted by molar-refractivity contribution is 9.10. The number of nitrogens with one attached hydrogen (secondary N) is 1. The lowest BCUT2D eigenvalue weighted by Crippen LogP contribution is -2.14. The van der Waals surface area contributed by atoms with Crippen LogP contribution in [0, 0.1) is 5.82 Å². The van der Waals surface area contributed by atoms with Gasteiger partial charge in [0.2, 0.25) is 0 Å². The number of hydrogen-bond acceptors (Lipinski definition) is 3. The molecule has 2 rings (SSSR count). The Morgan fingerprint density at radius 1 is 1.35 bits per heavy atom. The lowest BCUT2D eigenvalue weighted by Gasteiger charge is -2.07. The topological polar surface area (TPSA) is 62.2 Å². The zero-order valence-corrected chi connectivity index (χ0v) is 12.0. The van der Waals surface area contributed by atoms with E-state index in [4.69, 9.17) is 5.11 Å². The van der Waals surface area contributed by atoms with Crippen molar-refractivity contribution in [1.82, 2.24) is 4.98 Å². The van der Waals surface area contributed by atoms with Crippen LogP contribution in [0.5, 0.6) is 0 Å². The molecule has 0 aliphatic carbocycles. The fourth-order valence-corrected chi connectivity index (χ4v) is 2.00. The Kier molecular flexibility index (Phi) is 4.81. The van der Waals surface area contributed by atoms with E-state index in [1.165, 1.54) is 6.07 Å². The predicted octanol–water partition coefficient (Wildman–Crippen LogP) is 2.77. The van der Waals surface area contributed by atoms with Gasteiger partial charge in [-0.15, -0.1) is 0 Å². The molecule has 6 heteroatoms. The van der Waals surface area contributed by atoms with Gasteiger partial charge in [-0.2, -0.15) is 0 Å². The van der Waals surface area contributed by atoms with Crippen molar-refractivity contribution >= 4 is 27.5 Å². The number of hydrogen-bond donors (Lipinski definition) is 2. The van der Waals surface area contributed by atoms with Gasteiger partial charge in [0, 0.05) is 12.3 Å². The molecule has 1 aromatic heterocycles. The molecule has 0 fully saturated rings.